The molecule has 0 amide bonds. The summed E-state index contributed by atoms with van der Waals surface area (Å²) in [4.78, 5) is 0. The first-order valence-electron chi connectivity index (χ1n) is 7.26. The molecule has 0 saturated carbocycles. The van der Waals surface area contributed by atoms with Gasteiger partial charge < -0.3 is 5.32 Å². The first-order chi connectivity index (χ1) is 8.77. The Labute approximate surface area is 120 Å². The van der Waals surface area contributed by atoms with Crippen LogP contribution < -0.4 is 5.32 Å². The van der Waals surface area contributed by atoms with Crippen molar-refractivity contribution in [2.75, 3.05) is 6.54 Å². The molecule has 1 aromatic carbocycles. The minimum atomic E-state index is 0.508. The zero-order valence-electron chi connectivity index (χ0n) is 11.7. The van der Waals surface area contributed by atoms with Gasteiger partial charge in [0.2, 0.25) is 0 Å². The zero-order valence-corrected chi connectivity index (χ0v) is 13.3. The third-order valence-electron chi connectivity index (χ3n) is 3.30. The maximum atomic E-state index is 3.60. The molecule has 0 aliphatic heterocycles. The van der Waals surface area contributed by atoms with Crippen molar-refractivity contribution in [1.82, 2.24) is 5.32 Å². The molecule has 0 fully saturated rings. The molecule has 0 spiro atoms. The molecule has 0 aliphatic carbocycles. The number of hydrogen-bond acceptors (Lipinski definition) is 1. The van der Waals surface area contributed by atoms with Crippen LogP contribution in [0.4, 0.5) is 0 Å². The molecule has 1 N–H and O–H groups in total. The molecule has 2 heteroatoms. The number of benzene rings is 1. The topological polar surface area (TPSA) is 12.0 Å². The fourth-order valence-electron chi connectivity index (χ4n) is 2.31. The van der Waals surface area contributed by atoms with Crippen molar-refractivity contribution < 1.29 is 0 Å². The molecule has 1 aromatic rings. The highest BCUT2D eigenvalue weighted by atomic mass is 79.9. The SMILES string of the molecule is CCCCCCCC(NCC)c1cccc(Br)c1. The van der Waals surface area contributed by atoms with Crippen LogP contribution in [-0.2, 0) is 0 Å². The molecule has 1 rings (SSSR count). The van der Waals surface area contributed by atoms with Crippen LogP contribution >= 0.6 is 15.9 Å². The van der Waals surface area contributed by atoms with Crippen molar-refractivity contribution in [3.8, 4) is 0 Å². The minimum Gasteiger partial charge on any atom is -0.310 e. The van der Waals surface area contributed by atoms with E-state index in [-0.39, 0.29) is 0 Å². The summed E-state index contributed by atoms with van der Waals surface area (Å²) in [5.41, 5.74) is 1.40. The predicted molar refractivity (Wildman–Crippen MR) is 83.9 cm³/mol. The quantitative estimate of drug-likeness (QED) is 0.597. The number of rotatable bonds is 9. The maximum absolute atomic E-state index is 3.60. The second kappa shape index (κ2) is 9.57. The van der Waals surface area contributed by atoms with Crippen molar-refractivity contribution in [1.29, 1.82) is 0 Å². The molecule has 1 atom stereocenters. The van der Waals surface area contributed by atoms with Crippen molar-refractivity contribution in [3.63, 3.8) is 0 Å². The highest BCUT2D eigenvalue weighted by Gasteiger charge is 2.09. The summed E-state index contributed by atoms with van der Waals surface area (Å²) in [6, 6.07) is 9.19. The molecule has 1 unspecified atom stereocenters. The molecule has 0 aliphatic rings. The van der Waals surface area contributed by atoms with Gasteiger partial charge in [-0.15, -0.1) is 0 Å². The summed E-state index contributed by atoms with van der Waals surface area (Å²) >= 11 is 3.56. The second-order valence-corrected chi connectivity index (χ2v) is 5.78. The van der Waals surface area contributed by atoms with E-state index in [4.69, 9.17) is 0 Å². The largest absolute Gasteiger partial charge is 0.310 e. The number of unbranched alkanes of at least 4 members (excludes halogenated alkanes) is 4. The standard InChI is InChI=1S/C16H26BrN/c1-3-5-6-7-8-12-16(18-4-2)14-10-9-11-15(17)13-14/h9-11,13,16,18H,3-8,12H2,1-2H3. The van der Waals surface area contributed by atoms with Gasteiger partial charge in [0.25, 0.3) is 0 Å². The molecule has 0 bridgehead atoms. The van der Waals surface area contributed by atoms with Crippen LogP contribution in [0.3, 0.4) is 0 Å². The van der Waals surface area contributed by atoms with Crippen LogP contribution in [0.1, 0.15) is 64.0 Å². The highest BCUT2D eigenvalue weighted by molar-refractivity contribution is 9.10. The lowest BCUT2D eigenvalue weighted by Gasteiger charge is -2.18. The van der Waals surface area contributed by atoms with E-state index in [1.807, 2.05) is 0 Å². The fraction of sp³-hybridized carbons (Fsp3) is 0.625. The van der Waals surface area contributed by atoms with Gasteiger partial charge in [0.05, 0.1) is 0 Å². The molecule has 18 heavy (non-hydrogen) atoms. The Bertz CT molecular complexity index is 325. The van der Waals surface area contributed by atoms with Gasteiger partial charge in [-0.05, 0) is 30.7 Å². The fourth-order valence-corrected chi connectivity index (χ4v) is 2.73. The maximum Gasteiger partial charge on any atom is 0.0320 e. The van der Waals surface area contributed by atoms with Crippen molar-refractivity contribution in [2.45, 2.75) is 58.4 Å². The summed E-state index contributed by atoms with van der Waals surface area (Å²) in [6.07, 6.45) is 8.01. The average Bonchev–Trinajstić information content (AvgIpc) is 2.37. The van der Waals surface area contributed by atoms with Gasteiger partial charge >= 0.3 is 0 Å². The monoisotopic (exact) mass is 311 g/mol. The predicted octanol–water partition coefficient (Wildman–Crippen LogP) is 5.46. The first-order valence-corrected chi connectivity index (χ1v) is 8.06. The molecular formula is C16H26BrN. The summed E-state index contributed by atoms with van der Waals surface area (Å²) in [5, 5.41) is 3.60. The van der Waals surface area contributed by atoms with Gasteiger partial charge in [0, 0.05) is 10.5 Å². The summed E-state index contributed by atoms with van der Waals surface area (Å²) in [5.74, 6) is 0. The summed E-state index contributed by atoms with van der Waals surface area (Å²) < 4.78 is 1.17. The van der Waals surface area contributed by atoms with Gasteiger partial charge in [-0.1, -0.05) is 74.0 Å². The van der Waals surface area contributed by atoms with E-state index in [1.165, 1.54) is 48.6 Å². The number of hydrogen-bond donors (Lipinski definition) is 1. The Morgan fingerprint density at radius 2 is 1.89 bits per heavy atom. The molecule has 0 saturated heterocycles. The van der Waals surface area contributed by atoms with Crippen molar-refractivity contribution >= 4 is 15.9 Å². The lowest BCUT2D eigenvalue weighted by molar-refractivity contribution is 0.478. The Kier molecular flexibility index (Phi) is 8.36. The third-order valence-corrected chi connectivity index (χ3v) is 3.79. The van der Waals surface area contributed by atoms with Gasteiger partial charge in [0.15, 0.2) is 0 Å². The van der Waals surface area contributed by atoms with Crippen LogP contribution in [0.15, 0.2) is 28.7 Å². The van der Waals surface area contributed by atoms with Crippen molar-refractivity contribution in [2.24, 2.45) is 0 Å². The lowest BCUT2D eigenvalue weighted by Crippen LogP contribution is -2.20. The molecule has 0 heterocycles. The summed E-state index contributed by atoms with van der Waals surface area (Å²) in [6.45, 7) is 5.48. The molecule has 0 aromatic heterocycles. The number of nitrogens with one attached hydrogen (secondary N) is 1. The molecule has 1 nitrogen and oxygen atoms in total. The van der Waals surface area contributed by atoms with Crippen LogP contribution in [0.5, 0.6) is 0 Å². The van der Waals surface area contributed by atoms with Gasteiger partial charge in [0.1, 0.15) is 0 Å². The van der Waals surface area contributed by atoms with Crippen molar-refractivity contribution in [3.05, 3.63) is 34.3 Å². The van der Waals surface area contributed by atoms with Crippen LogP contribution in [0, 0.1) is 0 Å². The zero-order chi connectivity index (χ0) is 13.2. The Balaban J connectivity index is 2.44. The minimum absolute atomic E-state index is 0.508. The Morgan fingerprint density at radius 1 is 1.11 bits per heavy atom. The van der Waals surface area contributed by atoms with E-state index in [0.717, 1.165) is 6.54 Å². The van der Waals surface area contributed by atoms with Crippen LogP contribution in [-0.4, -0.2) is 6.54 Å². The lowest BCUT2D eigenvalue weighted by atomic mass is 10.00. The van der Waals surface area contributed by atoms with E-state index in [0.29, 0.717) is 6.04 Å². The summed E-state index contributed by atoms with van der Waals surface area (Å²) in [7, 11) is 0. The van der Waals surface area contributed by atoms with Crippen LogP contribution in [0.2, 0.25) is 0 Å². The van der Waals surface area contributed by atoms with E-state index < -0.39 is 0 Å². The normalized spacial score (nSPS) is 12.6. The molecular weight excluding hydrogens is 286 g/mol. The van der Waals surface area contributed by atoms with E-state index >= 15 is 0 Å². The first kappa shape index (κ1) is 15.7. The molecule has 102 valence electrons. The Hall–Kier alpha value is -0.340. The van der Waals surface area contributed by atoms with Crippen LogP contribution in [0.25, 0.3) is 0 Å². The number of halogens is 1. The van der Waals surface area contributed by atoms with E-state index in [2.05, 4.69) is 59.4 Å². The van der Waals surface area contributed by atoms with Gasteiger partial charge in [-0.2, -0.15) is 0 Å². The average molecular weight is 312 g/mol. The third kappa shape index (κ3) is 6.01. The Morgan fingerprint density at radius 3 is 2.56 bits per heavy atom. The molecule has 0 radical (unpaired) electrons. The van der Waals surface area contributed by atoms with E-state index in [1.54, 1.807) is 0 Å². The smallest absolute Gasteiger partial charge is 0.0320 e. The highest BCUT2D eigenvalue weighted by Crippen LogP contribution is 2.23. The second-order valence-electron chi connectivity index (χ2n) is 4.87. The van der Waals surface area contributed by atoms with Gasteiger partial charge in [-0.3, -0.25) is 0 Å². The van der Waals surface area contributed by atoms with E-state index in [9.17, 15) is 0 Å². The van der Waals surface area contributed by atoms with Gasteiger partial charge in [-0.25, -0.2) is 0 Å².